The summed E-state index contributed by atoms with van der Waals surface area (Å²) in [7, 11) is -2.36. The maximum Gasteiger partial charge on any atom is 0.318 e. The fraction of sp³-hybridized carbons (Fsp3) is 0.385. The van der Waals surface area contributed by atoms with Crippen LogP contribution in [0.25, 0.3) is 0 Å². The first-order chi connectivity index (χ1) is 9.89. The summed E-state index contributed by atoms with van der Waals surface area (Å²) in [6.45, 7) is -0.525. The van der Waals surface area contributed by atoms with E-state index in [-0.39, 0.29) is 18.9 Å². The molecule has 0 fully saturated rings. The predicted octanol–water partition coefficient (Wildman–Crippen LogP) is 0.421. The van der Waals surface area contributed by atoms with Gasteiger partial charge in [0, 0.05) is 13.7 Å². The van der Waals surface area contributed by atoms with E-state index < -0.39 is 22.5 Å². The molecule has 7 nitrogen and oxygen atoms in total. The molecule has 0 aliphatic heterocycles. The van der Waals surface area contributed by atoms with Crippen molar-refractivity contribution >= 4 is 16.0 Å². The van der Waals surface area contributed by atoms with Crippen molar-refractivity contribution in [2.75, 3.05) is 26.8 Å². The maximum atomic E-state index is 12.2. The molecule has 0 unspecified atom stereocenters. The van der Waals surface area contributed by atoms with Gasteiger partial charge in [0.05, 0.1) is 24.0 Å². The highest BCUT2D eigenvalue weighted by atomic mass is 32.2. The Kier molecular flexibility index (Phi) is 6.30. The van der Waals surface area contributed by atoms with Gasteiger partial charge in [-0.15, -0.1) is 0 Å². The van der Waals surface area contributed by atoms with Crippen LogP contribution in [0.1, 0.15) is 11.1 Å². The van der Waals surface area contributed by atoms with E-state index in [9.17, 15) is 13.2 Å². The van der Waals surface area contributed by atoms with Crippen molar-refractivity contribution in [2.24, 2.45) is 0 Å². The van der Waals surface area contributed by atoms with E-state index in [1.165, 1.54) is 31.4 Å². The molecule has 0 aliphatic carbocycles. The molecule has 0 aromatic heterocycles. The van der Waals surface area contributed by atoms with Crippen LogP contribution in [0.2, 0.25) is 0 Å². The molecule has 0 saturated carbocycles. The molecular weight excluding hydrogens is 296 g/mol. The van der Waals surface area contributed by atoms with E-state index in [0.29, 0.717) is 11.1 Å². The molecule has 1 N–H and O–H groups in total. The summed E-state index contributed by atoms with van der Waals surface area (Å²) in [5.74, 6) is -1.55. The van der Waals surface area contributed by atoms with Gasteiger partial charge in [-0.3, -0.25) is 4.79 Å². The summed E-state index contributed by atoms with van der Waals surface area (Å²) < 4.78 is 30.1. The lowest BCUT2D eigenvalue weighted by molar-refractivity contribution is -0.137. The molecule has 21 heavy (non-hydrogen) atoms. The Morgan fingerprint density at radius 1 is 1.38 bits per heavy atom. The zero-order valence-corrected chi connectivity index (χ0v) is 12.3. The lowest BCUT2D eigenvalue weighted by Gasteiger charge is -2.19. The molecule has 0 bridgehead atoms. The highest BCUT2D eigenvalue weighted by Gasteiger charge is 2.24. The van der Waals surface area contributed by atoms with Gasteiger partial charge in [-0.2, -0.15) is 9.57 Å². The van der Waals surface area contributed by atoms with Gasteiger partial charge >= 0.3 is 5.97 Å². The lowest BCUT2D eigenvalue weighted by Crippen LogP contribution is -2.38. The van der Waals surface area contributed by atoms with Crippen molar-refractivity contribution in [3.05, 3.63) is 35.4 Å². The topological polar surface area (TPSA) is 108 Å². The van der Waals surface area contributed by atoms with Gasteiger partial charge in [0.1, 0.15) is 6.54 Å². The zero-order chi connectivity index (χ0) is 15.9. The summed E-state index contributed by atoms with van der Waals surface area (Å²) in [6.07, 6.45) is 0. The first kappa shape index (κ1) is 17.1. The zero-order valence-electron chi connectivity index (χ0n) is 11.5. The predicted molar refractivity (Wildman–Crippen MR) is 74.9 cm³/mol. The maximum absolute atomic E-state index is 12.2. The van der Waals surface area contributed by atoms with Gasteiger partial charge in [0.2, 0.25) is 10.0 Å². The Bertz CT molecular complexity index is 619. The van der Waals surface area contributed by atoms with E-state index in [0.717, 1.165) is 4.31 Å². The molecule has 0 radical (unpaired) electrons. The number of sulfonamides is 1. The largest absolute Gasteiger partial charge is 0.480 e. The second-order valence-electron chi connectivity index (χ2n) is 4.29. The van der Waals surface area contributed by atoms with Crippen LogP contribution in [0.4, 0.5) is 0 Å². The SMILES string of the molecule is COCCN(CC(=O)O)S(=O)(=O)Cc1ccc(C#N)cc1. The highest BCUT2D eigenvalue weighted by Crippen LogP contribution is 2.12. The number of benzene rings is 1. The van der Waals surface area contributed by atoms with Crippen molar-refractivity contribution in [2.45, 2.75) is 5.75 Å². The Balaban J connectivity index is 2.88. The Morgan fingerprint density at radius 2 is 2.00 bits per heavy atom. The summed E-state index contributed by atoms with van der Waals surface area (Å²) in [5.41, 5.74) is 0.916. The quantitative estimate of drug-likeness (QED) is 0.745. The van der Waals surface area contributed by atoms with Crippen molar-refractivity contribution in [1.29, 1.82) is 5.26 Å². The number of aliphatic carboxylic acids is 1. The number of hydrogen-bond donors (Lipinski definition) is 1. The molecule has 0 amide bonds. The number of carbonyl (C=O) groups is 1. The van der Waals surface area contributed by atoms with E-state index in [4.69, 9.17) is 15.1 Å². The van der Waals surface area contributed by atoms with Crippen LogP contribution in [-0.2, 0) is 25.3 Å². The summed E-state index contributed by atoms with van der Waals surface area (Å²) in [5, 5.41) is 17.5. The molecule has 0 atom stereocenters. The van der Waals surface area contributed by atoms with E-state index in [1.807, 2.05) is 6.07 Å². The van der Waals surface area contributed by atoms with Crippen molar-refractivity contribution in [1.82, 2.24) is 4.31 Å². The highest BCUT2D eigenvalue weighted by molar-refractivity contribution is 7.88. The molecular formula is C13H16N2O5S. The lowest BCUT2D eigenvalue weighted by atomic mass is 10.2. The van der Waals surface area contributed by atoms with Crippen LogP contribution < -0.4 is 0 Å². The standard InChI is InChI=1S/C13H16N2O5S/c1-20-7-6-15(9-13(16)17)21(18,19)10-12-4-2-11(8-14)3-5-12/h2-5H,6-7,9-10H2,1H3,(H,16,17). The van der Waals surface area contributed by atoms with E-state index in [2.05, 4.69) is 0 Å². The van der Waals surface area contributed by atoms with Crippen molar-refractivity contribution in [3.63, 3.8) is 0 Å². The normalized spacial score (nSPS) is 11.3. The number of nitrogens with zero attached hydrogens (tertiary/aromatic N) is 2. The van der Waals surface area contributed by atoms with Crippen LogP contribution in [0.5, 0.6) is 0 Å². The second-order valence-corrected chi connectivity index (χ2v) is 6.25. The molecule has 1 aromatic carbocycles. The van der Waals surface area contributed by atoms with Gasteiger partial charge in [-0.25, -0.2) is 8.42 Å². The Morgan fingerprint density at radius 3 is 2.48 bits per heavy atom. The average molecular weight is 312 g/mol. The number of carboxylic acids is 1. The minimum Gasteiger partial charge on any atom is -0.480 e. The minimum absolute atomic E-state index is 0.0264. The number of rotatable bonds is 8. The van der Waals surface area contributed by atoms with Gasteiger partial charge in [0.15, 0.2) is 0 Å². The van der Waals surface area contributed by atoms with Crippen LogP contribution >= 0.6 is 0 Å². The third-order valence-corrected chi connectivity index (χ3v) is 4.48. The molecule has 8 heteroatoms. The molecule has 0 spiro atoms. The number of hydrogen-bond acceptors (Lipinski definition) is 5. The third-order valence-electron chi connectivity index (χ3n) is 2.68. The van der Waals surface area contributed by atoms with Gasteiger partial charge in [-0.05, 0) is 17.7 Å². The average Bonchev–Trinajstić information content (AvgIpc) is 2.43. The Labute approximate surface area is 123 Å². The summed E-state index contributed by atoms with van der Waals surface area (Å²) in [4.78, 5) is 10.8. The van der Waals surface area contributed by atoms with Gasteiger partial charge < -0.3 is 9.84 Å². The molecule has 1 aromatic rings. The van der Waals surface area contributed by atoms with Crippen LogP contribution in [-0.4, -0.2) is 50.6 Å². The molecule has 0 saturated heterocycles. The summed E-state index contributed by atoms with van der Waals surface area (Å²) in [6, 6.07) is 8.04. The van der Waals surface area contributed by atoms with Crippen LogP contribution in [0.3, 0.4) is 0 Å². The first-order valence-electron chi connectivity index (χ1n) is 6.06. The molecule has 114 valence electrons. The third kappa shape index (κ3) is 5.51. The number of ether oxygens (including phenoxy) is 1. The molecule has 0 heterocycles. The van der Waals surface area contributed by atoms with Crippen molar-refractivity contribution < 1.29 is 23.1 Å². The van der Waals surface area contributed by atoms with Crippen LogP contribution in [0.15, 0.2) is 24.3 Å². The first-order valence-corrected chi connectivity index (χ1v) is 7.67. The van der Waals surface area contributed by atoms with E-state index >= 15 is 0 Å². The number of methoxy groups -OCH3 is 1. The number of nitriles is 1. The van der Waals surface area contributed by atoms with Gasteiger partial charge in [0.25, 0.3) is 0 Å². The van der Waals surface area contributed by atoms with Crippen molar-refractivity contribution in [3.8, 4) is 6.07 Å². The summed E-state index contributed by atoms with van der Waals surface area (Å²) >= 11 is 0. The number of carboxylic acid groups (broad SMARTS) is 1. The molecule has 1 rings (SSSR count). The smallest absolute Gasteiger partial charge is 0.318 e. The minimum atomic E-state index is -3.77. The second kappa shape index (κ2) is 7.73. The fourth-order valence-corrected chi connectivity index (χ4v) is 3.09. The monoisotopic (exact) mass is 312 g/mol. The van der Waals surface area contributed by atoms with E-state index in [1.54, 1.807) is 0 Å². The molecule has 0 aliphatic rings. The van der Waals surface area contributed by atoms with Crippen LogP contribution in [0, 0.1) is 11.3 Å². The fourth-order valence-electron chi connectivity index (χ4n) is 1.64. The Hall–Kier alpha value is -1.95. The van der Waals surface area contributed by atoms with Gasteiger partial charge in [-0.1, -0.05) is 12.1 Å².